The molecule has 0 saturated carbocycles. The van der Waals surface area contributed by atoms with E-state index in [9.17, 15) is 9.59 Å². The summed E-state index contributed by atoms with van der Waals surface area (Å²) in [6.07, 6.45) is 1.37. The average molecular weight is 395 g/mol. The van der Waals surface area contributed by atoms with Gasteiger partial charge in [0.2, 0.25) is 5.76 Å². The second kappa shape index (κ2) is 9.18. The van der Waals surface area contributed by atoms with Gasteiger partial charge in [0, 0.05) is 5.56 Å². The fraction of sp³-hybridized carbons (Fsp3) is 0.100. The van der Waals surface area contributed by atoms with E-state index in [4.69, 9.17) is 18.7 Å². The third-order valence-corrected chi connectivity index (χ3v) is 3.74. The molecule has 0 saturated heterocycles. The second-order valence-electron chi connectivity index (χ2n) is 5.59. The van der Waals surface area contributed by atoms with Gasteiger partial charge in [0.1, 0.15) is 0 Å². The van der Waals surface area contributed by atoms with Crippen LogP contribution in [0.25, 0.3) is 0 Å². The van der Waals surface area contributed by atoms with Crippen LogP contribution in [0, 0.1) is 0 Å². The standard InChI is InChI=1S/C20H17N3O6/c1-26-16-10-5-13(12-18(16)27-2)19(24)22-21-14-6-8-15(9-7-14)23-29-20(25)17-4-3-11-28-17/h3-12,23H,1-2H3. The Labute approximate surface area is 165 Å². The van der Waals surface area contributed by atoms with Crippen LogP contribution in [0.15, 0.2) is 75.5 Å². The Morgan fingerprint density at radius 2 is 1.72 bits per heavy atom. The quantitative estimate of drug-likeness (QED) is 0.466. The maximum Gasteiger partial charge on any atom is 0.398 e. The summed E-state index contributed by atoms with van der Waals surface area (Å²) < 4.78 is 15.2. The predicted octanol–water partition coefficient (Wildman–Crippen LogP) is 4.40. The van der Waals surface area contributed by atoms with Crippen LogP contribution in [0.3, 0.4) is 0 Å². The molecule has 29 heavy (non-hydrogen) atoms. The van der Waals surface area contributed by atoms with Gasteiger partial charge in [0.25, 0.3) is 5.91 Å². The normalized spacial score (nSPS) is 10.6. The van der Waals surface area contributed by atoms with Crippen molar-refractivity contribution in [3.8, 4) is 11.5 Å². The lowest BCUT2D eigenvalue weighted by molar-refractivity contribution is 0.0560. The van der Waals surface area contributed by atoms with Crippen molar-refractivity contribution in [2.24, 2.45) is 10.2 Å². The van der Waals surface area contributed by atoms with Crippen molar-refractivity contribution in [2.75, 3.05) is 19.7 Å². The van der Waals surface area contributed by atoms with E-state index in [0.29, 0.717) is 28.4 Å². The highest BCUT2D eigenvalue weighted by Gasteiger charge is 2.11. The molecule has 0 aliphatic carbocycles. The lowest BCUT2D eigenvalue weighted by atomic mass is 10.2. The first kappa shape index (κ1) is 19.6. The lowest BCUT2D eigenvalue weighted by Gasteiger charge is -2.07. The number of nitrogens with zero attached hydrogens (tertiary/aromatic N) is 2. The number of anilines is 1. The SMILES string of the molecule is COc1ccc(C(=O)N=Nc2ccc(NOC(=O)c3ccco3)cc2)cc1OC. The molecule has 1 heterocycles. The maximum atomic E-state index is 12.2. The van der Waals surface area contributed by atoms with Crippen LogP contribution in [0.5, 0.6) is 11.5 Å². The van der Waals surface area contributed by atoms with E-state index >= 15 is 0 Å². The zero-order valence-electron chi connectivity index (χ0n) is 15.6. The number of carbonyl (C=O) groups is 2. The molecule has 0 radical (unpaired) electrons. The summed E-state index contributed by atoms with van der Waals surface area (Å²) in [4.78, 5) is 28.8. The molecule has 0 aliphatic heterocycles. The minimum atomic E-state index is -0.653. The largest absolute Gasteiger partial charge is 0.493 e. The molecule has 2 aromatic carbocycles. The van der Waals surface area contributed by atoms with Gasteiger partial charge in [-0.05, 0) is 54.6 Å². The van der Waals surface area contributed by atoms with Crippen molar-refractivity contribution in [2.45, 2.75) is 0 Å². The first-order valence-corrected chi connectivity index (χ1v) is 8.39. The van der Waals surface area contributed by atoms with E-state index < -0.39 is 11.9 Å². The van der Waals surface area contributed by atoms with Crippen LogP contribution in [0.1, 0.15) is 20.9 Å². The van der Waals surface area contributed by atoms with Crippen LogP contribution in [-0.4, -0.2) is 26.1 Å². The number of azo groups is 1. The molecule has 3 aromatic rings. The van der Waals surface area contributed by atoms with Crippen molar-refractivity contribution in [3.63, 3.8) is 0 Å². The fourth-order valence-corrected chi connectivity index (χ4v) is 2.28. The maximum absolute atomic E-state index is 12.2. The number of hydrogen-bond acceptors (Lipinski definition) is 8. The number of amides is 1. The topological polar surface area (TPSA) is 112 Å². The van der Waals surface area contributed by atoms with Crippen molar-refractivity contribution in [1.29, 1.82) is 0 Å². The Morgan fingerprint density at radius 3 is 2.38 bits per heavy atom. The molecule has 0 atom stereocenters. The lowest BCUT2D eigenvalue weighted by Crippen LogP contribution is -2.09. The van der Waals surface area contributed by atoms with Crippen LogP contribution >= 0.6 is 0 Å². The van der Waals surface area contributed by atoms with Crippen LogP contribution in [0.4, 0.5) is 11.4 Å². The zero-order chi connectivity index (χ0) is 20.6. The number of hydrogen-bond donors (Lipinski definition) is 1. The molecule has 0 aliphatic rings. The summed E-state index contributed by atoms with van der Waals surface area (Å²) in [6.45, 7) is 0. The fourth-order valence-electron chi connectivity index (χ4n) is 2.28. The van der Waals surface area contributed by atoms with Gasteiger partial charge in [0.05, 0.1) is 31.9 Å². The van der Waals surface area contributed by atoms with E-state index in [-0.39, 0.29) is 5.76 Å². The van der Waals surface area contributed by atoms with E-state index in [0.717, 1.165) is 0 Å². The number of benzene rings is 2. The average Bonchev–Trinajstić information content (AvgIpc) is 3.31. The van der Waals surface area contributed by atoms with Crippen LogP contribution in [-0.2, 0) is 4.84 Å². The Hall–Kier alpha value is -4.14. The number of carbonyl (C=O) groups excluding carboxylic acids is 2. The van der Waals surface area contributed by atoms with Gasteiger partial charge in [0.15, 0.2) is 11.5 Å². The number of nitrogens with one attached hydrogen (secondary N) is 1. The Bertz CT molecular complexity index is 1010. The van der Waals surface area contributed by atoms with Crippen molar-refractivity contribution in [1.82, 2.24) is 0 Å². The second-order valence-corrected chi connectivity index (χ2v) is 5.59. The molecular formula is C20H17N3O6. The Balaban J connectivity index is 1.59. The molecule has 1 amide bonds. The van der Waals surface area contributed by atoms with Crippen LogP contribution < -0.4 is 15.0 Å². The van der Waals surface area contributed by atoms with Gasteiger partial charge in [-0.25, -0.2) is 10.3 Å². The minimum absolute atomic E-state index is 0.0802. The summed E-state index contributed by atoms with van der Waals surface area (Å²) in [6, 6.07) is 14.2. The van der Waals surface area contributed by atoms with Crippen molar-refractivity contribution in [3.05, 3.63) is 72.2 Å². The highest BCUT2D eigenvalue weighted by atomic mass is 16.7. The number of furan rings is 1. The number of methoxy groups -OCH3 is 2. The summed E-state index contributed by atoms with van der Waals surface area (Å²) in [5.41, 5.74) is 3.77. The molecule has 0 fully saturated rings. The molecule has 3 rings (SSSR count). The third-order valence-electron chi connectivity index (χ3n) is 3.74. The summed E-state index contributed by atoms with van der Waals surface area (Å²) in [7, 11) is 2.99. The van der Waals surface area contributed by atoms with Crippen LogP contribution in [0.2, 0.25) is 0 Å². The predicted molar refractivity (Wildman–Crippen MR) is 103 cm³/mol. The van der Waals surface area contributed by atoms with Crippen molar-refractivity contribution < 1.29 is 28.3 Å². The molecule has 0 spiro atoms. The summed E-state index contributed by atoms with van der Waals surface area (Å²) in [5, 5.41) is 7.62. The summed E-state index contributed by atoms with van der Waals surface area (Å²) in [5.74, 6) is -0.165. The van der Waals surface area contributed by atoms with Crippen molar-refractivity contribution >= 4 is 23.3 Å². The van der Waals surface area contributed by atoms with Gasteiger partial charge in [-0.3, -0.25) is 4.79 Å². The zero-order valence-corrected chi connectivity index (χ0v) is 15.6. The Morgan fingerprint density at radius 1 is 0.966 bits per heavy atom. The van der Waals surface area contributed by atoms with E-state index in [1.165, 1.54) is 32.6 Å². The molecule has 1 aromatic heterocycles. The van der Waals surface area contributed by atoms with Gasteiger partial charge in [-0.2, -0.15) is 0 Å². The molecule has 0 unspecified atom stereocenters. The summed E-state index contributed by atoms with van der Waals surface area (Å²) >= 11 is 0. The first-order chi connectivity index (χ1) is 14.1. The first-order valence-electron chi connectivity index (χ1n) is 8.39. The molecule has 148 valence electrons. The molecule has 1 N–H and O–H groups in total. The molecule has 9 nitrogen and oxygen atoms in total. The molecule has 0 bridgehead atoms. The van der Waals surface area contributed by atoms with E-state index in [1.807, 2.05) is 0 Å². The monoisotopic (exact) mass is 395 g/mol. The van der Waals surface area contributed by atoms with E-state index in [2.05, 4.69) is 15.7 Å². The highest BCUT2D eigenvalue weighted by molar-refractivity contribution is 5.95. The van der Waals surface area contributed by atoms with Gasteiger partial charge in [-0.1, -0.05) is 0 Å². The number of rotatable bonds is 7. The molecule has 9 heteroatoms. The van der Waals surface area contributed by atoms with E-state index in [1.54, 1.807) is 42.5 Å². The minimum Gasteiger partial charge on any atom is -0.493 e. The van der Waals surface area contributed by atoms with Gasteiger partial charge >= 0.3 is 5.97 Å². The number of ether oxygens (including phenoxy) is 2. The smallest absolute Gasteiger partial charge is 0.398 e. The van der Waals surface area contributed by atoms with Gasteiger partial charge in [-0.15, -0.1) is 10.2 Å². The Kier molecular flexibility index (Phi) is 6.21. The molecular weight excluding hydrogens is 378 g/mol. The van der Waals surface area contributed by atoms with Gasteiger partial charge < -0.3 is 18.7 Å². The highest BCUT2D eigenvalue weighted by Crippen LogP contribution is 2.28. The third kappa shape index (κ3) is 4.98.